The van der Waals surface area contributed by atoms with Gasteiger partial charge in [0.25, 0.3) is 0 Å². The Morgan fingerprint density at radius 2 is 1.86 bits per heavy atom. The van der Waals surface area contributed by atoms with Crippen LogP contribution in [0.5, 0.6) is 5.75 Å². The number of hydrogen-bond donors (Lipinski definition) is 1. The third-order valence-corrected chi connectivity index (χ3v) is 3.83. The lowest BCUT2D eigenvalue weighted by Crippen LogP contribution is -2.19. The lowest BCUT2D eigenvalue weighted by Gasteiger charge is -2.23. The van der Waals surface area contributed by atoms with E-state index in [-0.39, 0.29) is 0 Å². The van der Waals surface area contributed by atoms with E-state index in [9.17, 15) is 0 Å². The number of anilines is 1. The van der Waals surface area contributed by atoms with Crippen molar-refractivity contribution in [2.75, 3.05) is 25.6 Å². The van der Waals surface area contributed by atoms with Gasteiger partial charge in [0.15, 0.2) is 0 Å². The number of ether oxygens (including phenoxy) is 1. The molecule has 21 heavy (non-hydrogen) atoms. The molecule has 112 valence electrons. The third-order valence-electron chi connectivity index (χ3n) is 3.48. The molecule has 3 nitrogen and oxygen atoms in total. The molecule has 0 fully saturated rings. The molecule has 0 unspecified atom stereocenters. The van der Waals surface area contributed by atoms with Crippen molar-refractivity contribution in [3.05, 3.63) is 58.6 Å². The molecule has 2 aromatic rings. The SMILES string of the molecule is COc1ccc(CN(C)c2cccc(Cl)c2CCN)cc1. The van der Waals surface area contributed by atoms with Gasteiger partial charge in [-0.3, -0.25) is 0 Å². The summed E-state index contributed by atoms with van der Waals surface area (Å²) in [6, 6.07) is 14.1. The Bertz CT molecular complexity index is 584. The molecule has 0 spiro atoms. The number of benzene rings is 2. The Morgan fingerprint density at radius 1 is 1.14 bits per heavy atom. The Labute approximate surface area is 131 Å². The average molecular weight is 305 g/mol. The molecule has 2 aromatic carbocycles. The van der Waals surface area contributed by atoms with Crippen LogP contribution in [0.4, 0.5) is 5.69 Å². The zero-order valence-electron chi connectivity index (χ0n) is 12.5. The summed E-state index contributed by atoms with van der Waals surface area (Å²) in [4.78, 5) is 2.19. The molecule has 0 aliphatic carbocycles. The lowest BCUT2D eigenvalue weighted by molar-refractivity contribution is 0.414. The predicted octanol–water partition coefficient (Wildman–Crippen LogP) is 3.49. The summed E-state index contributed by atoms with van der Waals surface area (Å²) < 4.78 is 5.18. The van der Waals surface area contributed by atoms with Gasteiger partial charge in [-0.05, 0) is 48.4 Å². The molecule has 2 rings (SSSR count). The van der Waals surface area contributed by atoms with Crippen molar-refractivity contribution in [1.82, 2.24) is 0 Å². The van der Waals surface area contributed by atoms with Crippen molar-refractivity contribution in [3.63, 3.8) is 0 Å². The topological polar surface area (TPSA) is 38.5 Å². The number of nitrogens with two attached hydrogens (primary N) is 1. The fourth-order valence-electron chi connectivity index (χ4n) is 2.39. The minimum absolute atomic E-state index is 0.590. The first-order chi connectivity index (χ1) is 10.2. The fourth-order valence-corrected chi connectivity index (χ4v) is 2.65. The molecule has 0 aromatic heterocycles. The van der Waals surface area contributed by atoms with Crippen LogP contribution in [0.2, 0.25) is 5.02 Å². The van der Waals surface area contributed by atoms with Gasteiger partial charge in [-0.25, -0.2) is 0 Å². The second kappa shape index (κ2) is 7.34. The molecule has 4 heteroatoms. The Kier molecular flexibility index (Phi) is 5.48. The maximum Gasteiger partial charge on any atom is 0.118 e. The molecule has 0 radical (unpaired) electrons. The summed E-state index contributed by atoms with van der Waals surface area (Å²) in [5.41, 5.74) is 9.15. The largest absolute Gasteiger partial charge is 0.497 e. The van der Waals surface area contributed by atoms with Crippen molar-refractivity contribution in [1.29, 1.82) is 0 Å². The van der Waals surface area contributed by atoms with Crippen molar-refractivity contribution < 1.29 is 4.74 Å². The van der Waals surface area contributed by atoms with Gasteiger partial charge in [0.2, 0.25) is 0 Å². The van der Waals surface area contributed by atoms with E-state index in [1.165, 1.54) is 5.56 Å². The van der Waals surface area contributed by atoms with Crippen LogP contribution in [-0.2, 0) is 13.0 Å². The highest BCUT2D eigenvalue weighted by Crippen LogP contribution is 2.28. The minimum Gasteiger partial charge on any atom is -0.497 e. The van der Waals surface area contributed by atoms with Crippen LogP contribution in [0.25, 0.3) is 0 Å². The molecule has 0 heterocycles. The average Bonchev–Trinajstić information content (AvgIpc) is 2.50. The van der Waals surface area contributed by atoms with Gasteiger partial charge in [0, 0.05) is 24.3 Å². The molecule has 0 amide bonds. The van der Waals surface area contributed by atoms with Crippen molar-refractivity contribution in [3.8, 4) is 5.75 Å². The quantitative estimate of drug-likeness (QED) is 0.888. The van der Waals surface area contributed by atoms with E-state index in [0.717, 1.165) is 35.0 Å². The van der Waals surface area contributed by atoms with E-state index in [0.29, 0.717) is 6.54 Å². The first-order valence-electron chi connectivity index (χ1n) is 6.97. The zero-order valence-corrected chi connectivity index (χ0v) is 13.2. The van der Waals surface area contributed by atoms with Crippen molar-refractivity contribution >= 4 is 17.3 Å². The molecular formula is C17H21ClN2O. The van der Waals surface area contributed by atoms with Gasteiger partial charge in [0.05, 0.1) is 7.11 Å². The standard InChI is InChI=1S/C17H21ClN2O/c1-20(12-13-6-8-14(21-2)9-7-13)17-5-3-4-16(18)15(17)10-11-19/h3-9H,10-12,19H2,1-2H3. The lowest BCUT2D eigenvalue weighted by atomic mass is 10.1. The number of rotatable bonds is 6. The molecule has 0 atom stereocenters. The van der Waals surface area contributed by atoms with Crippen LogP contribution in [0.1, 0.15) is 11.1 Å². The predicted molar refractivity (Wildman–Crippen MR) is 89.3 cm³/mol. The molecular weight excluding hydrogens is 284 g/mol. The van der Waals surface area contributed by atoms with E-state index in [4.69, 9.17) is 22.1 Å². The first kappa shape index (κ1) is 15.7. The highest BCUT2D eigenvalue weighted by Gasteiger charge is 2.10. The summed E-state index contributed by atoms with van der Waals surface area (Å²) in [5, 5.41) is 0.777. The van der Waals surface area contributed by atoms with E-state index in [1.807, 2.05) is 24.3 Å². The molecule has 0 aliphatic rings. The Balaban J connectivity index is 2.19. The van der Waals surface area contributed by atoms with Crippen molar-refractivity contribution in [2.24, 2.45) is 5.73 Å². The number of hydrogen-bond acceptors (Lipinski definition) is 3. The summed E-state index contributed by atoms with van der Waals surface area (Å²) >= 11 is 6.30. The Morgan fingerprint density at radius 3 is 2.48 bits per heavy atom. The van der Waals surface area contributed by atoms with Gasteiger partial charge in [-0.2, -0.15) is 0 Å². The molecule has 2 N–H and O–H groups in total. The zero-order chi connectivity index (χ0) is 15.2. The maximum absolute atomic E-state index is 6.30. The summed E-state index contributed by atoms with van der Waals surface area (Å²) in [6.07, 6.45) is 0.780. The normalized spacial score (nSPS) is 10.5. The van der Waals surface area contributed by atoms with Crippen LogP contribution < -0.4 is 15.4 Å². The van der Waals surface area contributed by atoms with Gasteiger partial charge >= 0.3 is 0 Å². The number of nitrogens with zero attached hydrogens (tertiary/aromatic N) is 1. The van der Waals surface area contributed by atoms with Gasteiger partial charge < -0.3 is 15.4 Å². The number of methoxy groups -OCH3 is 1. The summed E-state index contributed by atoms with van der Waals surface area (Å²) in [6.45, 7) is 1.40. The maximum atomic E-state index is 6.30. The Hall–Kier alpha value is -1.71. The monoisotopic (exact) mass is 304 g/mol. The molecule has 0 aliphatic heterocycles. The third kappa shape index (κ3) is 3.90. The first-order valence-corrected chi connectivity index (χ1v) is 7.35. The highest BCUT2D eigenvalue weighted by atomic mass is 35.5. The summed E-state index contributed by atoms with van der Waals surface area (Å²) in [5.74, 6) is 0.868. The van der Waals surface area contributed by atoms with Crippen LogP contribution in [0, 0.1) is 0 Å². The highest BCUT2D eigenvalue weighted by molar-refractivity contribution is 6.31. The van der Waals surface area contributed by atoms with Crippen LogP contribution >= 0.6 is 11.6 Å². The minimum atomic E-state index is 0.590. The van der Waals surface area contributed by atoms with E-state index < -0.39 is 0 Å². The van der Waals surface area contributed by atoms with Gasteiger partial charge in [0.1, 0.15) is 5.75 Å². The second-order valence-electron chi connectivity index (χ2n) is 4.98. The fraction of sp³-hybridized carbons (Fsp3) is 0.294. The van der Waals surface area contributed by atoms with Crippen molar-refractivity contribution in [2.45, 2.75) is 13.0 Å². The van der Waals surface area contributed by atoms with Crippen LogP contribution in [0.3, 0.4) is 0 Å². The molecule has 0 bridgehead atoms. The van der Waals surface area contributed by atoms with Gasteiger partial charge in [-0.1, -0.05) is 29.8 Å². The van der Waals surface area contributed by atoms with E-state index >= 15 is 0 Å². The van der Waals surface area contributed by atoms with Crippen LogP contribution in [-0.4, -0.2) is 20.7 Å². The molecule has 0 saturated carbocycles. The second-order valence-corrected chi connectivity index (χ2v) is 5.39. The number of halogens is 1. The van der Waals surface area contributed by atoms with E-state index in [1.54, 1.807) is 7.11 Å². The van der Waals surface area contributed by atoms with Gasteiger partial charge in [-0.15, -0.1) is 0 Å². The smallest absolute Gasteiger partial charge is 0.118 e. The summed E-state index contributed by atoms with van der Waals surface area (Å²) in [7, 11) is 3.74. The molecule has 0 saturated heterocycles. The van der Waals surface area contributed by atoms with E-state index in [2.05, 4.69) is 30.1 Å². The van der Waals surface area contributed by atoms with Crippen LogP contribution in [0.15, 0.2) is 42.5 Å².